The van der Waals surface area contributed by atoms with Gasteiger partial charge in [0, 0.05) is 11.5 Å². The minimum atomic E-state index is -0.210. The smallest absolute Gasteiger partial charge is 0.149 e. The van der Waals surface area contributed by atoms with E-state index < -0.39 is 0 Å². The Hall–Kier alpha value is -1.17. The van der Waals surface area contributed by atoms with Gasteiger partial charge in [0.05, 0.1) is 35.7 Å². The highest BCUT2D eigenvalue weighted by Gasteiger charge is 2.19. The van der Waals surface area contributed by atoms with Gasteiger partial charge >= 0.3 is 0 Å². The summed E-state index contributed by atoms with van der Waals surface area (Å²) in [6.45, 7) is -0.210. The summed E-state index contributed by atoms with van der Waals surface area (Å²) in [6, 6.07) is 3.33. The number of rotatable bonds is 3. The van der Waals surface area contributed by atoms with E-state index in [0.717, 1.165) is 0 Å². The highest BCUT2D eigenvalue weighted by atomic mass is 79.9. The van der Waals surface area contributed by atoms with E-state index in [1.807, 2.05) is 0 Å². The fourth-order valence-electron chi connectivity index (χ4n) is 1.98. The summed E-state index contributed by atoms with van der Waals surface area (Å²) in [7, 11) is 2.98. The fraction of sp³-hybridized carbons (Fsp3) is 0.231. The standard InChI is InChI=1S/C13H12BrClO4/c1-18-9-4-8(15)13(19-2)10-7(9)3-6(5-16)11(14)12(10)17/h3-4,16-17H,5H2,1-2H3. The number of hydrogen-bond donors (Lipinski definition) is 2. The van der Waals surface area contributed by atoms with E-state index in [9.17, 15) is 10.2 Å². The molecule has 4 nitrogen and oxygen atoms in total. The van der Waals surface area contributed by atoms with Gasteiger partial charge in [0.2, 0.25) is 0 Å². The fourth-order valence-corrected chi connectivity index (χ4v) is 2.69. The zero-order valence-electron chi connectivity index (χ0n) is 10.3. The number of halogens is 2. The molecule has 0 fully saturated rings. The van der Waals surface area contributed by atoms with Gasteiger partial charge in [0.1, 0.15) is 17.2 Å². The third-order valence-electron chi connectivity index (χ3n) is 2.88. The van der Waals surface area contributed by atoms with Crippen LogP contribution in [0.2, 0.25) is 5.02 Å². The number of methoxy groups -OCH3 is 2. The van der Waals surface area contributed by atoms with Crippen molar-refractivity contribution in [2.75, 3.05) is 14.2 Å². The molecule has 0 atom stereocenters. The third kappa shape index (κ3) is 2.22. The number of benzene rings is 2. The predicted octanol–water partition coefficient (Wildman–Crippen LogP) is 3.47. The molecule has 2 N–H and O–H groups in total. The SMILES string of the molecule is COc1cc(Cl)c(OC)c2c(O)c(Br)c(CO)cc12. The van der Waals surface area contributed by atoms with Gasteiger partial charge < -0.3 is 19.7 Å². The summed E-state index contributed by atoms with van der Waals surface area (Å²) in [5, 5.41) is 21.0. The zero-order chi connectivity index (χ0) is 14.2. The van der Waals surface area contributed by atoms with E-state index >= 15 is 0 Å². The van der Waals surface area contributed by atoms with Gasteiger partial charge in [-0.1, -0.05) is 11.6 Å². The molecule has 6 heteroatoms. The van der Waals surface area contributed by atoms with Crippen LogP contribution in [0.4, 0.5) is 0 Å². The summed E-state index contributed by atoms with van der Waals surface area (Å²) in [6.07, 6.45) is 0. The number of ether oxygens (including phenoxy) is 2. The Morgan fingerprint density at radius 3 is 2.47 bits per heavy atom. The second-order valence-corrected chi connectivity index (χ2v) is 5.07. The van der Waals surface area contributed by atoms with Crippen LogP contribution in [0.3, 0.4) is 0 Å². The highest BCUT2D eigenvalue weighted by molar-refractivity contribution is 9.10. The molecular weight excluding hydrogens is 335 g/mol. The Labute approximate surface area is 123 Å². The minimum absolute atomic E-state index is 0.0424. The van der Waals surface area contributed by atoms with Crippen LogP contribution in [0.25, 0.3) is 10.8 Å². The molecule has 2 rings (SSSR count). The summed E-state index contributed by atoms with van der Waals surface area (Å²) >= 11 is 9.35. The molecule has 0 saturated heterocycles. The monoisotopic (exact) mass is 346 g/mol. The summed E-state index contributed by atoms with van der Waals surface area (Å²) in [4.78, 5) is 0. The summed E-state index contributed by atoms with van der Waals surface area (Å²) < 4.78 is 10.9. The largest absolute Gasteiger partial charge is 0.506 e. The van der Waals surface area contributed by atoms with Crippen molar-refractivity contribution in [1.29, 1.82) is 0 Å². The first-order chi connectivity index (χ1) is 9.04. The highest BCUT2D eigenvalue weighted by Crippen LogP contribution is 2.47. The van der Waals surface area contributed by atoms with E-state index in [4.69, 9.17) is 21.1 Å². The normalized spacial score (nSPS) is 10.8. The van der Waals surface area contributed by atoms with Gasteiger partial charge in [0.15, 0.2) is 0 Å². The lowest BCUT2D eigenvalue weighted by Gasteiger charge is -2.15. The van der Waals surface area contributed by atoms with E-state index in [0.29, 0.717) is 37.3 Å². The average Bonchev–Trinajstić information content (AvgIpc) is 2.42. The van der Waals surface area contributed by atoms with Crippen LogP contribution in [-0.2, 0) is 6.61 Å². The molecule has 0 radical (unpaired) electrons. The second-order valence-electron chi connectivity index (χ2n) is 3.87. The number of aromatic hydroxyl groups is 1. The van der Waals surface area contributed by atoms with Crippen LogP contribution >= 0.6 is 27.5 Å². The van der Waals surface area contributed by atoms with Crippen molar-refractivity contribution < 1.29 is 19.7 Å². The molecule has 0 aliphatic carbocycles. The third-order valence-corrected chi connectivity index (χ3v) is 4.04. The summed E-state index contributed by atoms with van der Waals surface area (Å²) in [5.74, 6) is 0.817. The maximum absolute atomic E-state index is 10.3. The molecule has 0 bridgehead atoms. The van der Waals surface area contributed by atoms with Crippen LogP contribution in [0.1, 0.15) is 5.56 Å². The van der Waals surface area contributed by atoms with Crippen molar-refractivity contribution in [2.24, 2.45) is 0 Å². The molecule has 2 aromatic carbocycles. The van der Waals surface area contributed by atoms with Crippen molar-refractivity contribution in [3.05, 3.63) is 27.2 Å². The molecule has 0 aromatic heterocycles. The van der Waals surface area contributed by atoms with Gasteiger partial charge in [-0.15, -0.1) is 0 Å². The number of hydrogen-bond acceptors (Lipinski definition) is 4. The maximum atomic E-state index is 10.3. The van der Waals surface area contributed by atoms with E-state index in [2.05, 4.69) is 15.9 Å². The van der Waals surface area contributed by atoms with Crippen LogP contribution < -0.4 is 9.47 Å². The topological polar surface area (TPSA) is 58.9 Å². The number of fused-ring (bicyclic) bond motifs is 1. The van der Waals surface area contributed by atoms with Crippen LogP contribution in [0, 0.1) is 0 Å². The maximum Gasteiger partial charge on any atom is 0.149 e. The van der Waals surface area contributed by atoms with E-state index in [-0.39, 0.29) is 12.4 Å². The number of phenols is 1. The number of aliphatic hydroxyl groups is 1. The Morgan fingerprint density at radius 2 is 1.95 bits per heavy atom. The van der Waals surface area contributed by atoms with Crippen molar-refractivity contribution >= 4 is 38.3 Å². The van der Waals surface area contributed by atoms with Gasteiger partial charge in [-0.2, -0.15) is 0 Å². The quantitative estimate of drug-likeness (QED) is 0.892. The molecule has 19 heavy (non-hydrogen) atoms. The lowest BCUT2D eigenvalue weighted by Crippen LogP contribution is -1.94. The van der Waals surface area contributed by atoms with Crippen molar-refractivity contribution in [1.82, 2.24) is 0 Å². The first-order valence-electron chi connectivity index (χ1n) is 5.40. The molecule has 0 amide bonds. The van der Waals surface area contributed by atoms with Crippen molar-refractivity contribution in [2.45, 2.75) is 6.61 Å². The Bertz CT molecular complexity index is 643. The minimum Gasteiger partial charge on any atom is -0.506 e. The summed E-state index contributed by atoms with van der Waals surface area (Å²) in [5.41, 5.74) is 0.549. The van der Waals surface area contributed by atoms with Crippen molar-refractivity contribution in [3.8, 4) is 17.2 Å². The van der Waals surface area contributed by atoms with Gasteiger partial charge in [-0.25, -0.2) is 0 Å². The van der Waals surface area contributed by atoms with Crippen molar-refractivity contribution in [3.63, 3.8) is 0 Å². The first kappa shape index (κ1) is 14.2. The zero-order valence-corrected chi connectivity index (χ0v) is 12.7. The Morgan fingerprint density at radius 1 is 1.26 bits per heavy atom. The number of phenolic OH excluding ortho intramolecular Hbond substituents is 1. The lowest BCUT2D eigenvalue weighted by molar-refractivity contribution is 0.280. The molecule has 0 unspecified atom stereocenters. The predicted molar refractivity (Wildman–Crippen MR) is 77.3 cm³/mol. The van der Waals surface area contributed by atoms with E-state index in [1.54, 1.807) is 12.1 Å². The molecule has 0 aliphatic rings. The van der Waals surface area contributed by atoms with Gasteiger partial charge in [0.25, 0.3) is 0 Å². The Balaban J connectivity index is 3.00. The number of aliphatic hydroxyl groups excluding tert-OH is 1. The molecule has 0 saturated carbocycles. The molecule has 0 spiro atoms. The Kier molecular flexibility index (Phi) is 4.08. The van der Waals surface area contributed by atoms with Crippen LogP contribution in [0.5, 0.6) is 17.2 Å². The lowest BCUT2D eigenvalue weighted by atomic mass is 10.0. The van der Waals surface area contributed by atoms with Gasteiger partial charge in [-0.3, -0.25) is 0 Å². The molecular formula is C13H12BrClO4. The molecule has 102 valence electrons. The molecule has 2 aromatic rings. The first-order valence-corrected chi connectivity index (χ1v) is 6.57. The van der Waals surface area contributed by atoms with Gasteiger partial charge in [-0.05, 0) is 27.6 Å². The second kappa shape index (κ2) is 5.45. The van der Waals surface area contributed by atoms with Crippen LogP contribution in [0.15, 0.2) is 16.6 Å². The molecule has 0 aliphatic heterocycles. The van der Waals surface area contributed by atoms with Crippen LogP contribution in [-0.4, -0.2) is 24.4 Å². The van der Waals surface area contributed by atoms with E-state index in [1.165, 1.54) is 14.2 Å². The average molecular weight is 348 g/mol. The molecule has 0 heterocycles.